The van der Waals surface area contributed by atoms with Crippen molar-refractivity contribution in [1.29, 1.82) is 0 Å². The van der Waals surface area contributed by atoms with E-state index in [-0.39, 0.29) is 40.6 Å². The number of halogens is 2. The maximum Gasteiger partial charge on any atom is 0.311 e. The van der Waals surface area contributed by atoms with Crippen LogP contribution in [0.2, 0.25) is 0 Å². The molecule has 3 aromatic carbocycles. The molecule has 0 atom stereocenters. The van der Waals surface area contributed by atoms with Crippen molar-refractivity contribution in [1.82, 2.24) is 9.66 Å². The summed E-state index contributed by atoms with van der Waals surface area (Å²) in [6, 6.07) is 15.8. The Bertz CT molecular complexity index is 1600. The topological polar surface area (TPSA) is 99.6 Å². The van der Waals surface area contributed by atoms with Gasteiger partial charge in [-0.25, -0.2) is 9.37 Å². The lowest BCUT2D eigenvalue weighted by Gasteiger charge is -2.22. The number of nitrogens with zero attached hydrogens (tertiary/aromatic N) is 4. The fourth-order valence-corrected chi connectivity index (χ4v) is 5.09. The van der Waals surface area contributed by atoms with E-state index in [0.717, 1.165) is 36.6 Å². The van der Waals surface area contributed by atoms with Gasteiger partial charge < -0.3 is 4.74 Å². The van der Waals surface area contributed by atoms with Gasteiger partial charge in [0, 0.05) is 27.6 Å². The first-order valence-corrected chi connectivity index (χ1v) is 13.1. The maximum absolute atomic E-state index is 14.2. The molecule has 0 bridgehead atoms. The van der Waals surface area contributed by atoms with Crippen molar-refractivity contribution in [3.05, 3.63) is 108 Å². The number of aromatic nitrogens is 2. The third kappa shape index (κ3) is 5.35. The highest BCUT2D eigenvalue weighted by Gasteiger charge is 2.23. The van der Waals surface area contributed by atoms with Crippen molar-refractivity contribution in [2.45, 2.75) is 44.6 Å². The fraction of sp³-hybridized carbons (Fsp3) is 0.250. The smallest absolute Gasteiger partial charge is 0.311 e. The van der Waals surface area contributed by atoms with Crippen molar-refractivity contribution in [3.63, 3.8) is 0 Å². The molecule has 194 valence electrons. The summed E-state index contributed by atoms with van der Waals surface area (Å²) in [7, 11) is 0. The van der Waals surface area contributed by atoms with E-state index in [2.05, 4.69) is 21.0 Å². The van der Waals surface area contributed by atoms with E-state index >= 15 is 0 Å². The molecule has 0 amide bonds. The Morgan fingerprint density at radius 1 is 1.13 bits per heavy atom. The van der Waals surface area contributed by atoms with Gasteiger partial charge in [-0.3, -0.25) is 14.9 Å². The largest absolute Gasteiger partial charge is 0.481 e. The molecule has 10 heteroatoms. The molecule has 0 aliphatic heterocycles. The lowest BCUT2D eigenvalue weighted by Crippen LogP contribution is -2.25. The highest BCUT2D eigenvalue weighted by Crippen LogP contribution is 2.33. The Labute approximate surface area is 226 Å². The first-order valence-electron chi connectivity index (χ1n) is 12.3. The molecule has 4 aromatic rings. The Balaban J connectivity index is 1.59. The van der Waals surface area contributed by atoms with Gasteiger partial charge in [-0.05, 0) is 43.2 Å². The van der Waals surface area contributed by atoms with Crippen molar-refractivity contribution in [3.8, 4) is 5.75 Å². The molecule has 0 N–H and O–H groups in total. The average Bonchev–Trinajstić information content (AvgIpc) is 2.93. The molecule has 1 saturated carbocycles. The van der Waals surface area contributed by atoms with Gasteiger partial charge >= 0.3 is 5.69 Å². The summed E-state index contributed by atoms with van der Waals surface area (Å²) in [6.07, 6.45) is 6.39. The van der Waals surface area contributed by atoms with Crippen molar-refractivity contribution < 1.29 is 14.1 Å². The van der Waals surface area contributed by atoms with Crippen molar-refractivity contribution in [2.75, 3.05) is 0 Å². The minimum Gasteiger partial charge on any atom is -0.481 e. The maximum atomic E-state index is 14.2. The van der Waals surface area contributed by atoms with E-state index in [1.54, 1.807) is 36.4 Å². The van der Waals surface area contributed by atoms with Crippen LogP contribution in [0.25, 0.3) is 10.9 Å². The number of rotatable bonds is 7. The standard InChI is InChI=1S/C28H24BrFN4O4/c29-21-13-14-24-22(15-21)28(35)33(27(32-24)18-7-2-1-3-8-18)31-16-19-10-6-12-25(34(36)37)26(19)38-17-20-9-4-5-11-23(20)30/h4-6,9-16,18H,1-3,7-8,17H2. The summed E-state index contributed by atoms with van der Waals surface area (Å²) in [6.45, 7) is -0.211. The van der Waals surface area contributed by atoms with Crippen LogP contribution in [0.1, 0.15) is 55.0 Å². The molecule has 1 aliphatic carbocycles. The van der Waals surface area contributed by atoms with Crippen molar-refractivity contribution >= 4 is 38.7 Å². The predicted octanol–water partition coefficient (Wildman–Crippen LogP) is 6.72. The molecule has 0 spiro atoms. The van der Waals surface area contributed by atoms with Crippen LogP contribution in [-0.2, 0) is 6.61 Å². The van der Waals surface area contributed by atoms with Crippen LogP contribution in [0.15, 0.2) is 75.0 Å². The predicted molar refractivity (Wildman–Crippen MR) is 146 cm³/mol. The number of benzene rings is 3. The average molecular weight is 579 g/mol. The van der Waals surface area contributed by atoms with E-state index in [1.807, 2.05) is 6.07 Å². The number of para-hydroxylation sites is 1. The second kappa shape index (κ2) is 11.2. The summed E-state index contributed by atoms with van der Waals surface area (Å²) in [5, 5.41) is 16.7. The van der Waals surface area contributed by atoms with Crippen molar-refractivity contribution in [2.24, 2.45) is 5.10 Å². The minimum absolute atomic E-state index is 0.0618. The highest BCUT2D eigenvalue weighted by molar-refractivity contribution is 9.10. The van der Waals surface area contributed by atoms with Gasteiger partial charge in [0.05, 0.1) is 22.0 Å². The number of nitro groups is 1. The molecule has 1 aliphatic rings. The van der Waals surface area contributed by atoms with Crippen LogP contribution >= 0.6 is 15.9 Å². The third-order valence-corrected chi connectivity index (χ3v) is 7.16. The SMILES string of the molecule is O=c1c2cc(Br)ccc2nc(C2CCCCC2)n1N=Cc1cccc([N+](=O)[O-])c1OCc1ccccc1F. The van der Waals surface area contributed by atoms with Crippen LogP contribution in [0, 0.1) is 15.9 Å². The highest BCUT2D eigenvalue weighted by atomic mass is 79.9. The van der Waals surface area contributed by atoms with E-state index in [1.165, 1.54) is 29.1 Å². The Morgan fingerprint density at radius 2 is 1.92 bits per heavy atom. The van der Waals surface area contributed by atoms with Crippen LogP contribution < -0.4 is 10.3 Å². The number of hydrogen-bond donors (Lipinski definition) is 0. The zero-order valence-corrected chi connectivity index (χ0v) is 21.9. The molecular formula is C28H24BrFN4O4. The van der Waals surface area contributed by atoms with E-state index in [9.17, 15) is 19.3 Å². The first-order chi connectivity index (χ1) is 18.4. The quantitative estimate of drug-likeness (QED) is 0.138. The summed E-state index contributed by atoms with van der Waals surface area (Å²) < 4.78 is 22.0. The third-order valence-electron chi connectivity index (χ3n) is 6.67. The number of nitro benzene ring substituents is 1. The monoisotopic (exact) mass is 578 g/mol. The minimum atomic E-state index is -0.567. The molecule has 5 rings (SSSR count). The van der Waals surface area contributed by atoms with E-state index < -0.39 is 10.7 Å². The fourth-order valence-electron chi connectivity index (χ4n) is 4.73. The summed E-state index contributed by atoms with van der Waals surface area (Å²) >= 11 is 3.41. The number of fused-ring (bicyclic) bond motifs is 1. The van der Waals surface area contributed by atoms with Crippen LogP contribution in [-0.4, -0.2) is 20.8 Å². The van der Waals surface area contributed by atoms with Crippen LogP contribution in [0.4, 0.5) is 10.1 Å². The molecule has 1 heterocycles. The second-order valence-electron chi connectivity index (χ2n) is 9.16. The van der Waals surface area contributed by atoms with Gasteiger partial charge in [0.2, 0.25) is 5.75 Å². The molecule has 0 saturated heterocycles. The summed E-state index contributed by atoms with van der Waals surface area (Å²) in [5.74, 6) is 0.107. The zero-order chi connectivity index (χ0) is 26.6. The lowest BCUT2D eigenvalue weighted by molar-refractivity contribution is -0.386. The number of ether oxygens (including phenoxy) is 1. The molecule has 0 unspecified atom stereocenters. The Hall–Kier alpha value is -3.92. The molecule has 1 fully saturated rings. The van der Waals surface area contributed by atoms with Gasteiger partial charge in [0.25, 0.3) is 5.56 Å². The van der Waals surface area contributed by atoms with Gasteiger partial charge in [0.1, 0.15) is 18.2 Å². The van der Waals surface area contributed by atoms with Gasteiger partial charge in [0.15, 0.2) is 0 Å². The molecule has 1 aromatic heterocycles. The lowest BCUT2D eigenvalue weighted by atomic mass is 9.88. The van der Waals surface area contributed by atoms with Crippen LogP contribution in [0.5, 0.6) is 5.75 Å². The van der Waals surface area contributed by atoms with Gasteiger partial charge in [-0.1, -0.05) is 59.5 Å². The van der Waals surface area contributed by atoms with E-state index in [0.29, 0.717) is 16.7 Å². The van der Waals surface area contributed by atoms with E-state index in [4.69, 9.17) is 9.72 Å². The number of hydrogen-bond acceptors (Lipinski definition) is 6. The first kappa shape index (κ1) is 25.7. The second-order valence-corrected chi connectivity index (χ2v) is 10.1. The Kier molecular flexibility index (Phi) is 7.59. The normalized spacial score (nSPS) is 14.3. The van der Waals surface area contributed by atoms with Gasteiger partial charge in [-0.2, -0.15) is 9.78 Å². The zero-order valence-electron chi connectivity index (χ0n) is 20.3. The van der Waals surface area contributed by atoms with Gasteiger partial charge in [-0.15, -0.1) is 0 Å². The molecule has 8 nitrogen and oxygen atoms in total. The van der Waals surface area contributed by atoms with Crippen LogP contribution in [0.3, 0.4) is 0 Å². The Morgan fingerprint density at radius 3 is 2.68 bits per heavy atom. The summed E-state index contributed by atoms with van der Waals surface area (Å²) in [5.41, 5.74) is 0.521. The summed E-state index contributed by atoms with van der Waals surface area (Å²) in [4.78, 5) is 29.6. The molecular weight excluding hydrogens is 555 g/mol. The molecule has 0 radical (unpaired) electrons. The molecule has 38 heavy (non-hydrogen) atoms.